The van der Waals surface area contributed by atoms with Crippen LogP contribution in [0, 0.1) is 6.92 Å². The van der Waals surface area contributed by atoms with Crippen LogP contribution in [0.15, 0.2) is 57.8 Å². The summed E-state index contributed by atoms with van der Waals surface area (Å²) in [4.78, 5) is 4.87. The van der Waals surface area contributed by atoms with E-state index in [-0.39, 0.29) is 4.90 Å². The largest absolute Gasteiger partial charge is 0.369 e. The first-order valence-electron chi connectivity index (χ1n) is 8.76. The van der Waals surface area contributed by atoms with Crippen molar-refractivity contribution in [1.82, 2.24) is 4.90 Å². The van der Waals surface area contributed by atoms with Gasteiger partial charge in [-0.25, -0.2) is 0 Å². The number of fused-ring (bicyclic) bond motifs is 1. The molecule has 2 aromatic rings. The molecule has 0 amide bonds. The average molecular weight is 370 g/mol. The van der Waals surface area contributed by atoms with Gasteiger partial charge in [0.2, 0.25) is 0 Å². The molecule has 0 atom stereocenters. The molecule has 0 unspecified atom stereocenters. The molecule has 1 saturated heterocycles. The SMILES string of the molecule is Cc1ccccc1N1CCN(CC2=NS(=O)(=O)c3ccccc3N2)CC1. The van der Waals surface area contributed by atoms with E-state index in [9.17, 15) is 8.42 Å². The van der Waals surface area contributed by atoms with E-state index in [4.69, 9.17) is 0 Å². The maximum atomic E-state index is 12.3. The van der Waals surface area contributed by atoms with Crippen LogP contribution < -0.4 is 10.2 Å². The molecule has 6 nitrogen and oxygen atoms in total. The van der Waals surface area contributed by atoms with Crippen molar-refractivity contribution in [3.8, 4) is 0 Å². The lowest BCUT2D eigenvalue weighted by molar-refractivity contribution is 0.291. The maximum absolute atomic E-state index is 12.3. The summed E-state index contributed by atoms with van der Waals surface area (Å²) in [6.45, 7) is 6.22. The van der Waals surface area contributed by atoms with E-state index in [1.165, 1.54) is 11.3 Å². The Hall–Kier alpha value is -2.38. The number of benzene rings is 2. The van der Waals surface area contributed by atoms with Crippen LogP contribution in [0.4, 0.5) is 11.4 Å². The van der Waals surface area contributed by atoms with Gasteiger partial charge in [-0.15, -0.1) is 4.40 Å². The molecule has 2 aliphatic rings. The van der Waals surface area contributed by atoms with Gasteiger partial charge in [0.25, 0.3) is 10.0 Å². The molecule has 1 N–H and O–H groups in total. The summed E-state index contributed by atoms with van der Waals surface area (Å²) >= 11 is 0. The average Bonchev–Trinajstić information content (AvgIpc) is 2.62. The van der Waals surface area contributed by atoms with E-state index in [1.54, 1.807) is 18.2 Å². The van der Waals surface area contributed by atoms with Crippen LogP contribution in [-0.4, -0.2) is 51.9 Å². The Labute approximate surface area is 154 Å². The minimum atomic E-state index is -3.61. The topological polar surface area (TPSA) is 65.0 Å². The first-order chi connectivity index (χ1) is 12.5. The van der Waals surface area contributed by atoms with Crippen molar-refractivity contribution in [3.05, 3.63) is 54.1 Å². The Balaban J connectivity index is 1.43. The lowest BCUT2D eigenvalue weighted by atomic mass is 10.1. The number of anilines is 2. The molecule has 1 fully saturated rings. The standard InChI is InChI=1S/C19H22N4O2S/c1-15-6-2-4-8-17(15)23-12-10-22(11-13-23)14-19-20-16-7-3-5-9-18(16)26(24,25)21-19/h2-9H,10-14H2,1H3,(H,20,21). The summed E-state index contributed by atoms with van der Waals surface area (Å²) in [5, 5.41) is 3.17. The van der Waals surface area contributed by atoms with Crippen molar-refractivity contribution < 1.29 is 8.42 Å². The predicted octanol–water partition coefficient (Wildman–Crippen LogP) is 2.33. The lowest BCUT2D eigenvalue weighted by Crippen LogP contribution is -2.49. The van der Waals surface area contributed by atoms with Crippen molar-refractivity contribution >= 4 is 27.2 Å². The van der Waals surface area contributed by atoms with Crippen molar-refractivity contribution in [2.24, 2.45) is 4.40 Å². The fourth-order valence-corrected chi connectivity index (χ4v) is 4.65. The number of rotatable bonds is 3. The second kappa shape index (κ2) is 6.74. The first kappa shape index (κ1) is 17.1. The van der Waals surface area contributed by atoms with Crippen molar-refractivity contribution in [2.45, 2.75) is 11.8 Å². The zero-order valence-electron chi connectivity index (χ0n) is 14.7. The number of para-hydroxylation sites is 2. The summed E-state index contributed by atoms with van der Waals surface area (Å²) in [6, 6.07) is 15.3. The monoisotopic (exact) mass is 370 g/mol. The number of hydrogen-bond donors (Lipinski definition) is 1. The third-order valence-corrected chi connectivity index (χ3v) is 6.25. The minimum absolute atomic E-state index is 0.244. The molecule has 26 heavy (non-hydrogen) atoms. The molecule has 7 heteroatoms. The van der Waals surface area contributed by atoms with Crippen LogP contribution in [0.1, 0.15) is 5.56 Å². The van der Waals surface area contributed by atoms with Gasteiger partial charge in [-0.05, 0) is 30.7 Å². The molecule has 4 rings (SSSR count). The Morgan fingerprint density at radius 3 is 2.46 bits per heavy atom. The van der Waals surface area contributed by atoms with Crippen molar-refractivity contribution in [3.63, 3.8) is 0 Å². The van der Waals surface area contributed by atoms with Gasteiger partial charge in [-0.2, -0.15) is 8.42 Å². The summed E-state index contributed by atoms with van der Waals surface area (Å²) < 4.78 is 28.7. The van der Waals surface area contributed by atoms with E-state index in [0.717, 1.165) is 26.2 Å². The molecule has 2 aromatic carbocycles. The van der Waals surface area contributed by atoms with Crippen LogP contribution in [-0.2, 0) is 10.0 Å². The summed E-state index contributed by atoms with van der Waals surface area (Å²) in [5.41, 5.74) is 3.16. The number of amidine groups is 1. The predicted molar refractivity (Wildman–Crippen MR) is 105 cm³/mol. The Morgan fingerprint density at radius 2 is 1.69 bits per heavy atom. The zero-order chi connectivity index (χ0) is 18.1. The number of nitrogens with zero attached hydrogens (tertiary/aromatic N) is 3. The van der Waals surface area contributed by atoms with Crippen LogP contribution in [0.3, 0.4) is 0 Å². The highest BCUT2D eigenvalue weighted by Gasteiger charge is 2.26. The fourth-order valence-electron chi connectivity index (χ4n) is 3.51. The van der Waals surface area contributed by atoms with Crippen LogP contribution in [0.5, 0.6) is 0 Å². The van der Waals surface area contributed by atoms with Gasteiger partial charge in [0.05, 0.1) is 12.2 Å². The number of hydrogen-bond acceptors (Lipinski definition) is 5. The number of sulfonamides is 1. The maximum Gasteiger partial charge on any atom is 0.286 e. The van der Waals surface area contributed by atoms with Crippen LogP contribution in [0.25, 0.3) is 0 Å². The first-order valence-corrected chi connectivity index (χ1v) is 10.2. The normalized spacial score (nSPS) is 19.4. The molecular formula is C19H22N4O2S. The van der Waals surface area contributed by atoms with Crippen molar-refractivity contribution in [1.29, 1.82) is 0 Å². The molecule has 0 aromatic heterocycles. The Bertz CT molecular complexity index is 948. The second-order valence-corrected chi connectivity index (χ2v) is 8.26. The summed E-state index contributed by atoms with van der Waals surface area (Å²) in [7, 11) is -3.61. The zero-order valence-corrected chi connectivity index (χ0v) is 15.5. The summed E-state index contributed by atoms with van der Waals surface area (Å²) in [5.74, 6) is 0.494. The molecular weight excluding hydrogens is 348 g/mol. The molecule has 136 valence electrons. The third-order valence-electron chi connectivity index (χ3n) is 4.88. The highest BCUT2D eigenvalue weighted by atomic mass is 32.2. The summed E-state index contributed by atoms with van der Waals surface area (Å²) in [6.07, 6.45) is 0. The van der Waals surface area contributed by atoms with Gasteiger partial charge >= 0.3 is 0 Å². The van der Waals surface area contributed by atoms with Crippen LogP contribution >= 0.6 is 0 Å². The molecule has 0 saturated carbocycles. The van der Waals surface area contributed by atoms with E-state index in [1.807, 2.05) is 6.07 Å². The van der Waals surface area contributed by atoms with Crippen LogP contribution in [0.2, 0.25) is 0 Å². The smallest absolute Gasteiger partial charge is 0.286 e. The van der Waals surface area contributed by atoms with Gasteiger partial charge < -0.3 is 10.2 Å². The van der Waals surface area contributed by atoms with E-state index in [2.05, 4.69) is 50.7 Å². The molecule has 0 bridgehead atoms. The number of nitrogens with one attached hydrogen (secondary N) is 1. The number of aryl methyl sites for hydroxylation is 1. The highest BCUT2D eigenvalue weighted by Crippen LogP contribution is 2.27. The Kier molecular flexibility index (Phi) is 4.42. The highest BCUT2D eigenvalue weighted by molar-refractivity contribution is 7.90. The molecule has 0 spiro atoms. The van der Waals surface area contributed by atoms with Gasteiger partial charge in [-0.3, -0.25) is 4.90 Å². The molecule has 0 radical (unpaired) electrons. The second-order valence-electron chi connectivity index (χ2n) is 6.68. The molecule has 2 heterocycles. The van der Waals surface area contributed by atoms with E-state index in [0.29, 0.717) is 18.1 Å². The van der Waals surface area contributed by atoms with Gasteiger partial charge in [0, 0.05) is 31.9 Å². The minimum Gasteiger partial charge on any atom is -0.369 e. The van der Waals surface area contributed by atoms with E-state index >= 15 is 0 Å². The Morgan fingerprint density at radius 1 is 1.00 bits per heavy atom. The quantitative estimate of drug-likeness (QED) is 0.898. The molecule has 2 aliphatic heterocycles. The van der Waals surface area contributed by atoms with Gasteiger partial charge in [0.15, 0.2) is 0 Å². The van der Waals surface area contributed by atoms with Crippen molar-refractivity contribution in [2.75, 3.05) is 42.9 Å². The lowest BCUT2D eigenvalue weighted by Gasteiger charge is -2.37. The third kappa shape index (κ3) is 3.32. The number of piperazine rings is 1. The van der Waals surface area contributed by atoms with E-state index < -0.39 is 10.0 Å². The van der Waals surface area contributed by atoms with Gasteiger partial charge in [-0.1, -0.05) is 30.3 Å². The fraction of sp³-hybridized carbons (Fsp3) is 0.316. The van der Waals surface area contributed by atoms with Gasteiger partial charge in [0.1, 0.15) is 10.7 Å². The molecule has 0 aliphatic carbocycles.